The highest BCUT2D eigenvalue weighted by Gasteiger charge is 2.25. The number of hydrogen-bond donors (Lipinski definition) is 0. The highest BCUT2D eigenvalue weighted by Crippen LogP contribution is 2.36. The molecule has 2 heteroatoms. The van der Waals surface area contributed by atoms with Crippen LogP contribution in [0.25, 0.3) is 0 Å². The van der Waals surface area contributed by atoms with Crippen LogP contribution in [0, 0.1) is 0 Å². The standard InChI is InChI=1S/C18H19NO/c1-13(2)15-9-8-14-10-11-18(20)19(17(14)12-15)16-6-4-3-5-7-16/h3-9,12-13H,10-11H2,1-2H3. The number of carbonyl (C=O) groups excluding carboxylic acids is 1. The summed E-state index contributed by atoms with van der Waals surface area (Å²) in [5, 5.41) is 0. The number of para-hydroxylation sites is 1. The minimum absolute atomic E-state index is 0.185. The third kappa shape index (κ3) is 2.22. The fourth-order valence-corrected chi connectivity index (χ4v) is 2.71. The minimum Gasteiger partial charge on any atom is -0.281 e. The second-order valence-electron chi connectivity index (χ2n) is 5.61. The molecular formula is C18H19NO. The molecule has 1 amide bonds. The van der Waals surface area contributed by atoms with Crippen molar-refractivity contribution in [1.29, 1.82) is 0 Å². The SMILES string of the molecule is CC(C)c1ccc2c(c1)N(c1ccccc1)C(=O)CC2. The van der Waals surface area contributed by atoms with E-state index >= 15 is 0 Å². The average Bonchev–Trinajstić information content (AvgIpc) is 2.47. The van der Waals surface area contributed by atoms with E-state index in [1.165, 1.54) is 11.1 Å². The molecule has 0 unspecified atom stereocenters. The van der Waals surface area contributed by atoms with Gasteiger partial charge in [0.2, 0.25) is 5.91 Å². The van der Waals surface area contributed by atoms with Crippen molar-refractivity contribution in [2.75, 3.05) is 4.90 Å². The van der Waals surface area contributed by atoms with Gasteiger partial charge in [-0.05, 0) is 41.7 Å². The number of carbonyl (C=O) groups is 1. The maximum atomic E-state index is 12.4. The van der Waals surface area contributed by atoms with Crippen LogP contribution in [0.2, 0.25) is 0 Å². The van der Waals surface area contributed by atoms with Crippen molar-refractivity contribution < 1.29 is 4.79 Å². The summed E-state index contributed by atoms with van der Waals surface area (Å²) in [6, 6.07) is 16.4. The molecule has 0 saturated carbocycles. The Kier molecular flexibility index (Phi) is 3.31. The van der Waals surface area contributed by atoms with Crippen LogP contribution in [0.15, 0.2) is 48.5 Å². The van der Waals surface area contributed by atoms with Crippen LogP contribution in [0.1, 0.15) is 37.3 Å². The maximum Gasteiger partial charge on any atom is 0.231 e. The Bertz CT molecular complexity index is 631. The number of rotatable bonds is 2. The van der Waals surface area contributed by atoms with Gasteiger partial charge < -0.3 is 0 Å². The zero-order valence-electron chi connectivity index (χ0n) is 12.0. The van der Waals surface area contributed by atoms with Crippen molar-refractivity contribution in [2.24, 2.45) is 0 Å². The molecule has 0 atom stereocenters. The first-order chi connectivity index (χ1) is 9.66. The number of amides is 1. The molecule has 102 valence electrons. The van der Waals surface area contributed by atoms with Crippen molar-refractivity contribution in [3.63, 3.8) is 0 Å². The Balaban J connectivity index is 2.13. The lowest BCUT2D eigenvalue weighted by molar-refractivity contribution is -0.118. The maximum absolute atomic E-state index is 12.4. The molecule has 0 aromatic heterocycles. The van der Waals surface area contributed by atoms with E-state index in [9.17, 15) is 4.79 Å². The zero-order chi connectivity index (χ0) is 14.1. The second kappa shape index (κ2) is 5.12. The quantitative estimate of drug-likeness (QED) is 0.787. The van der Waals surface area contributed by atoms with Crippen LogP contribution in [-0.4, -0.2) is 5.91 Å². The Morgan fingerprint density at radius 3 is 2.45 bits per heavy atom. The van der Waals surface area contributed by atoms with Crippen LogP contribution in [0.3, 0.4) is 0 Å². The molecule has 1 aliphatic heterocycles. The Morgan fingerprint density at radius 2 is 1.75 bits per heavy atom. The van der Waals surface area contributed by atoms with Gasteiger partial charge in [0.15, 0.2) is 0 Å². The van der Waals surface area contributed by atoms with Gasteiger partial charge in [0.1, 0.15) is 0 Å². The van der Waals surface area contributed by atoms with Crippen molar-refractivity contribution in [2.45, 2.75) is 32.6 Å². The first-order valence-corrected chi connectivity index (χ1v) is 7.17. The van der Waals surface area contributed by atoms with E-state index in [0.29, 0.717) is 12.3 Å². The van der Waals surface area contributed by atoms with E-state index in [1.54, 1.807) is 0 Å². The van der Waals surface area contributed by atoms with Gasteiger partial charge in [0.05, 0.1) is 5.69 Å². The molecular weight excluding hydrogens is 246 g/mol. The Labute approximate surface area is 120 Å². The van der Waals surface area contributed by atoms with Crippen molar-refractivity contribution in [1.82, 2.24) is 0 Å². The summed E-state index contributed by atoms with van der Waals surface area (Å²) in [6.45, 7) is 4.36. The van der Waals surface area contributed by atoms with E-state index in [4.69, 9.17) is 0 Å². The lowest BCUT2D eigenvalue weighted by atomic mass is 9.94. The van der Waals surface area contributed by atoms with E-state index in [2.05, 4.69) is 32.0 Å². The largest absolute Gasteiger partial charge is 0.281 e. The van der Waals surface area contributed by atoms with E-state index < -0.39 is 0 Å². The molecule has 0 saturated heterocycles. The first-order valence-electron chi connectivity index (χ1n) is 7.17. The van der Waals surface area contributed by atoms with Crippen LogP contribution >= 0.6 is 0 Å². The Morgan fingerprint density at radius 1 is 1.00 bits per heavy atom. The van der Waals surface area contributed by atoms with Gasteiger partial charge in [0, 0.05) is 12.1 Å². The van der Waals surface area contributed by atoms with Gasteiger partial charge in [-0.1, -0.05) is 44.2 Å². The van der Waals surface area contributed by atoms with Gasteiger partial charge in [-0.2, -0.15) is 0 Å². The molecule has 20 heavy (non-hydrogen) atoms. The monoisotopic (exact) mass is 265 g/mol. The predicted octanol–water partition coefficient (Wildman–Crippen LogP) is 4.42. The van der Waals surface area contributed by atoms with Gasteiger partial charge in [-0.3, -0.25) is 9.69 Å². The third-order valence-corrected chi connectivity index (χ3v) is 3.89. The molecule has 1 aliphatic rings. The third-order valence-electron chi connectivity index (χ3n) is 3.89. The number of nitrogens with zero attached hydrogens (tertiary/aromatic N) is 1. The molecule has 0 aliphatic carbocycles. The smallest absolute Gasteiger partial charge is 0.231 e. The molecule has 0 bridgehead atoms. The predicted molar refractivity (Wildman–Crippen MR) is 82.4 cm³/mol. The molecule has 2 aromatic carbocycles. The number of anilines is 2. The highest BCUT2D eigenvalue weighted by atomic mass is 16.2. The lowest BCUT2D eigenvalue weighted by Crippen LogP contribution is -2.30. The number of hydrogen-bond acceptors (Lipinski definition) is 1. The van der Waals surface area contributed by atoms with E-state index in [-0.39, 0.29) is 5.91 Å². The van der Waals surface area contributed by atoms with E-state index in [0.717, 1.165) is 17.8 Å². The molecule has 0 N–H and O–H groups in total. The number of fused-ring (bicyclic) bond motifs is 1. The Hall–Kier alpha value is -2.09. The second-order valence-corrected chi connectivity index (χ2v) is 5.61. The fourth-order valence-electron chi connectivity index (χ4n) is 2.71. The van der Waals surface area contributed by atoms with Crippen LogP contribution in [0.5, 0.6) is 0 Å². The number of aryl methyl sites for hydroxylation is 1. The molecule has 2 aromatic rings. The summed E-state index contributed by atoms with van der Waals surface area (Å²) < 4.78 is 0. The first kappa shape index (κ1) is 12.9. The highest BCUT2D eigenvalue weighted by molar-refractivity contribution is 6.03. The van der Waals surface area contributed by atoms with Crippen molar-refractivity contribution >= 4 is 17.3 Å². The zero-order valence-corrected chi connectivity index (χ0v) is 12.0. The molecule has 0 radical (unpaired) electrons. The molecule has 1 heterocycles. The van der Waals surface area contributed by atoms with Gasteiger partial charge in [-0.15, -0.1) is 0 Å². The molecule has 0 spiro atoms. The van der Waals surface area contributed by atoms with Crippen molar-refractivity contribution in [3.05, 3.63) is 59.7 Å². The summed E-state index contributed by atoms with van der Waals surface area (Å²) in [5.74, 6) is 0.652. The van der Waals surface area contributed by atoms with Gasteiger partial charge in [0.25, 0.3) is 0 Å². The summed E-state index contributed by atoms with van der Waals surface area (Å²) in [4.78, 5) is 14.2. The van der Waals surface area contributed by atoms with Crippen LogP contribution < -0.4 is 4.90 Å². The van der Waals surface area contributed by atoms with Gasteiger partial charge in [-0.25, -0.2) is 0 Å². The number of benzene rings is 2. The van der Waals surface area contributed by atoms with Crippen LogP contribution in [0.4, 0.5) is 11.4 Å². The van der Waals surface area contributed by atoms with E-state index in [1.807, 2.05) is 35.2 Å². The van der Waals surface area contributed by atoms with Crippen LogP contribution in [-0.2, 0) is 11.2 Å². The lowest BCUT2D eigenvalue weighted by Gasteiger charge is -2.30. The van der Waals surface area contributed by atoms with Crippen molar-refractivity contribution in [3.8, 4) is 0 Å². The summed E-state index contributed by atoms with van der Waals surface area (Å²) in [7, 11) is 0. The average molecular weight is 265 g/mol. The topological polar surface area (TPSA) is 20.3 Å². The van der Waals surface area contributed by atoms with Gasteiger partial charge >= 0.3 is 0 Å². The summed E-state index contributed by atoms with van der Waals surface area (Å²) >= 11 is 0. The minimum atomic E-state index is 0.185. The molecule has 3 rings (SSSR count). The fraction of sp³-hybridized carbons (Fsp3) is 0.278. The normalized spacial score (nSPS) is 14.6. The molecule has 0 fully saturated rings. The summed E-state index contributed by atoms with van der Waals surface area (Å²) in [5.41, 5.74) is 4.55. The summed E-state index contributed by atoms with van der Waals surface area (Å²) in [6.07, 6.45) is 1.43. The molecule has 2 nitrogen and oxygen atoms in total.